The number of hydrogen-bond donors (Lipinski definition) is 2. The molecule has 4 rings (SSSR count). The van der Waals surface area contributed by atoms with Crippen molar-refractivity contribution in [2.45, 2.75) is 19.5 Å². The molecule has 4 aromatic rings. The third-order valence-electron chi connectivity index (χ3n) is 5.40. The molecule has 9 heteroatoms. The van der Waals surface area contributed by atoms with Crippen molar-refractivity contribution in [2.24, 2.45) is 0 Å². The summed E-state index contributed by atoms with van der Waals surface area (Å²) in [7, 11) is 3.10. The maximum atomic E-state index is 13.3. The van der Waals surface area contributed by atoms with E-state index >= 15 is 0 Å². The molecule has 0 saturated heterocycles. The zero-order chi connectivity index (χ0) is 24.8. The van der Waals surface area contributed by atoms with Gasteiger partial charge in [0.15, 0.2) is 17.2 Å². The van der Waals surface area contributed by atoms with Crippen LogP contribution in [-0.4, -0.2) is 41.9 Å². The molecule has 0 radical (unpaired) electrons. The largest absolute Gasteiger partial charge is 0.493 e. The predicted octanol–water partition coefficient (Wildman–Crippen LogP) is 3.58. The van der Waals surface area contributed by atoms with E-state index in [9.17, 15) is 9.59 Å². The lowest BCUT2D eigenvalue weighted by atomic mass is 10.0. The van der Waals surface area contributed by atoms with Crippen LogP contribution < -0.4 is 20.1 Å². The molecule has 2 aromatic carbocycles. The summed E-state index contributed by atoms with van der Waals surface area (Å²) in [5, 5.41) is 10.0. The lowest BCUT2D eigenvalue weighted by molar-refractivity contribution is -0.122. The van der Waals surface area contributed by atoms with Crippen LogP contribution in [-0.2, 0) is 11.3 Å². The molecule has 0 bridgehead atoms. The Labute approximate surface area is 202 Å². The van der Waals surface area contributed by atoms with Gasteiger partial charge in [-0.1, -0.05) is 24.3 Å². The zero-order valence-electron chi connectivity index (χ0n) is 19.6. The van der Waals surface area contributed by atoms with Gasteiger partial charge in [-0.3, -0.25) is 9.59 Å². The number of aromatic nitrogens is 2. The number of nitrogens with one attached hydrogen (secondary N) is 2. The highest BCUT2D eigenvalue weighted by Crippen LogP contribution is 2.34. The number of para-hydroxylation sites is 1. The van der Waals surface area contributed by atoms with Crippen LogP contribution >= 0.6 is 0 Å². The van der Waals surface area contributed by atoms with E-state index in [1.54, 1.807) is 56.3 Å². The van der Waals surface area contributed by atoms with Gasteiger partial charge in [0.2, 0.25) is 5.91 Å². The fraction of sp³-hybridized carbons (Fsp3) is 0.192. The van der Waals surface area contributed by atoms with Crippen LogP contribution in [0.4, 0.5) is 0 Å². The van der Waals surface area contributed by atoms with Crippen LogP contribution in [0.15, 0.2) is 77.5 Å². The number of furan rings is 1. The topological polar surface area (TPSA) is 108 Å². The molecule has 0 spiro atoms. The van der Waals surface area contributed by atoms with E-state index in [4.69, 9.17) is 13.9 Å². The fourth-order valence-electron chi connectivity index (χ4n) is 3.54. The molecule has 0 aliphatic rings. The summed E-state index contributed by atoms with van der Waals surface area (Å²) >= 11 is 0. The van der Waals surface area contributed by atoms with Crippen LogP contribution in [0.5, 0.6) is 11.5 Å². The van der Waals surface area contributed by atoms with Crippen LogP contribution in [0, 0.1) is 0 Å². The molecule has 180 valence electrons. The highest BCUT2D eigenvalue weighted by molar-refractivity contribution is 6.01. The number of carbonyl (C=O) groups excluding carboxylic acids is 2. The second-order valence-electron chi connectivity index (χ2n) is 7.73. The van der Waals surface area contributed by atoms with Crippen molar-refractivity contribution in [1.29, 1.82) is 0 Å². The van der Waals surface area contributed by atoms with E-state index in [2.05, 4.69) is 15.7 Å². The summed E-state index contributed by atoms with van der Waals surface area (Å²) in [6.45, 7) is 1.84. The van der Waals surface area contributed by atoms with Crippen molar-refractivity contribution in [1.82, 2.24) is 20.4 Å². The number of rotatable bonds is 9. The van der Waals surface area contributed by atoms with Crippen molar-refractivity contribution < 1.29 is 23.5 Å². The third-order valence-corrected chi connectivity index (χ3v) is 5.40. The lowest BCUT2D eigenvalue weighted by Crippen LogP contribution is -2.44. The van der Waals surface area contributed by atoms with Crippen molar-refractivity contribution in [3.8, 4) is 28.3 Å². The van der Waals surface area contributed by atoms with Gasteiger partial charge in [0.1, 0.15) is 11.8 Å². The monoisotopic (exact) mass is 474 g/mol. The first-order valence-electron chi connectivity index (χ1n) is 11.0. The number of amides is 2. The normalized spacial score (nSPS) is 11.5. The van der Waals surface area contributed by atoms with E-state index in [1.807, 2.05) is 36.4 Å². The Morgan fingerprint density at radius 1 is 1.03 bits per heavy atom. The van der Waals surface area contributed by atoms with Gasteiger partial charge in [0, 0.05) is 11.8 Å². The SMILES string of the molecule is COc1ccc(-c2cn(-c3ccccc3)nc2C(=O)NC(C)C(=O)NCc2ccco2)cc1OC. The highest BCUT2D eigenvalue weighted by Gasteiger charge is 2.23. The van der Waals surface area contributed by atoms with Crippen LogP contribution in [0.1, 0.15) is 23.2 Å². The minimum Gasteiger partial charge on any atom is -0.493 e. The minimum absolute atomic E-state index is 0.173. The smallest absolute Gasteiger partial charge is 0.273 e. The Balaban J connectivity index is 1.61. The van der Waals surface area contributed by atoms with Crippen molar-refractivity contribution in [3.63, 3.8) is 0 Å². The first-order chi connectivity index (χ1) is 17.0. The molecular formula is C26H26N4O5. The van der Waals surface area contributed by atoms with Crippen LogP contribution in [0.2, 0.25) is 0 Å². The van der Waals surface area contributed by atoms with Crippen LogP contribution in [0.3, 0.4) is 0 Å². The molecule has 0 fully saturated rings. The molecule has 2 N–H and O–H groups in total. The Kier molecular flexibility index (Phi) is 7.15. The van der Waals surface area contributed by atoms with Gasteiger partial charge in [-0.25, -0.2) is 4.68 Å². The average Bonchev–Trinajstić information content (AvgIpc) is 3.58. The molecule has 1 unspecified atom stereocenters. The Bertz CT molecular complexity index is 1300. The minimum atomic E-state index is -0.794. The number of hydrogen-bond acceptors (Lipinski definition) is 6. The van der Waals surface area contributed by atoms with Crippen molar-refractivity contribution >= 4 is 11.8 Å². The summed E-state index contributed by atoms with van der Waals surface area (Å²) in [5.41, 5.74) is 2.25. The van der Waals surface area contributed by atoms with Gasteiger partial charge in [0.25, 0.3) is 5.91 Å². The Morgan fingerprint density at radius 2 is 1.80 bits per heavy atom. The predicted molar refractivity (Wildman–Crippen MR) is 130 cm³/mol. The number of benzene rings is 2. The first kappa shape index (κ1) is 23.6. The summed E-state index contributed by atoms with van der Waals surface area (Å²) in [4.78, 5) is 25.8. The molecule has 2 amide bonds. The maximum Gasteiger partial charge on any atom is 0.273 e. The summed E-state index contributed by atoms with van der Waals surface area (Å²) in [6, 6.07) is 17.5. The molecule has 0 aliphatic heterocycles. The zero-order valence-corrected chi connectivity index (χ0v) is 19.6. The van der Waals surface area contributed by atoms with E-state index in [0.717, 1.165) is 5.69 Å². The molecule has 35 heavy (non-hydrogen) atoms. The van der Waals surface area contributed by atoms with E-state index in [0.29, 0.717) is 28.4 Å². The fourth-order valence-corrected chi connectivity index (χ4v) is 3.54. The van der Waals surface area contributed by atoms with Gasteiger partial charge >= 0.3 is 0 Å². The van der Waals surface area contributed by atoms with Gasteiger partial charge < -0.3 is 24.5 Å². The van der Waals surface area contributed by atoms with Gasteiger partial charge in [-0.05, 0) is 48.9 Å². The van der Waals surface area contributed by atoms with Gasteiger partial charge in [-0.2, -0.15) is 5.10 Å². The van der Waals surface area contributed by atoms with E-state index < -0.39 is 11.9 Å². The van der Waals surface area contributed by atoms with Crippen molar-refractivity contribution in [3.05, 3.63) is 84.6 Å². The van der Waals surface area contributed by atoms with E-state index in [1.165, 1.54) is 6.26 Å². The number of methoxy groups -OCH3 is 2. The maximum absolute atomic E-state index is 13.3. The van der Waals surface area contributed by atoms with Gasteiger partial charge in [-0.15, -0.1) is 0 Å². The van der Waals surface area contributed by atoms with Crippen molar-refractivity contribution in [2.75, 3.05) is 14.2 Å². The summed E-state index contributed by atoms with van der Waals surface area (Å²) in [6.07, 6.45) is 3.30. The van der Waals surface area contributed by atoms with Gasteiger partial charge in [0.05, 0.1) is 32.7 Å². The number of carbonyl (C=O) groups is 2. The molecular weight excluding hydrogens is 448 g/mol. The molecule has 9 nitrogen and oxygen atoms in total. The highest BCUT2D eigenvalue weighted by atomic mass is 16.5. The van der Waals surface area contributed by atoms with E-state index in [-0.39, 0.29) is 18.1 Å². The van der Waals surface area contributed by atoms with Crippen LogP contribution in [0.25, 0.3) is 16.8 Å². The number of nitrogens with zero attached hydrogens (tertiary/aromatic N) is 2. The standard InChI is InChI=1S/C26H26N4O5/c1-17(25(31)27-15-20-10-7-13-35-20)28-26(32)24-21(16-30(29-24)19-8-5-4-6-9-19)18-11-12-22(33-2)23(14-18)34-3/h4-14,16-17H,15H2,1-3H3,(H,27,31)(H,28,32). The first-order valence-corrected chi connectivity index (χ1v) is 11.0. The summed E-state index contributed by atoms with van der Waals surface area (Å²) in [5.74, 6) is 0.887. The third kappa shape index (κ3) is 5.35. The molecule has 1 atom stereocenters. The lowest BCUT2D eigenvalue weighted by Gasteiger charge is -2.14. The molecule has 2 aromatic heterocycles. The number of ether oxygens (including phenoxy) is 2. The Morgan fingerprint density at radius 3 is 2.49 bits per heavy atom. The average molecular weight is 475 g/mol. The summed E-state index contributed by atoms with van der Waals surface area (Å²) < 4.78 is 17.6. The molecule has 0 aliphatic carbocycles. The molecule has 2 heterocycles. The second-order valence-corrected chi connectivity index (χ2v) is 7.73. The molecule has 0 saturated carbocycles. The second kappa shape index (κ2) is 10.6. The quantitative estimate of drug-likeness (QED) is 0.384. The Hall–Kier alpha value is -4.53.